The summed E-state index contributed by atoms with van der Waals surface area (Å²) < 4.78 is 43.4. The van der Waals surface area contributed by atoms with Crippen LogP contribution in [-0.2, 0) is 10.9 Å². The zero-order valence-corrected chi connectivity index (χ0v) is 12.0. The number of morpholine rings is 1. The Hall–Kier alpha value is -2.42. The van der Waals surface area contributed by atoms with Crippen LogP contribution in [0.5, 0.6) is 0 Å². The van der Waals surface area contributed by atoms with E-state index in [1.165, 1.54) is 18.3 Å². The first-order valence-electron chi connectivity index (χ1n) is 6.99. The van der Waals surface area contributed by atoms with Gasteiger partial charge >= 0.3 is 6.18 Å². The van der Waals surface area contributed by atoms with Crippen LogP contribution in [0, 0.1) is 0 Å². The third kappa shape index (κ3) is 3.86. The second-order valence-electron chi connectivity index (χ2n) is 4.94. The maximum Gasteiger partial charge on any atom is 0.416 e. The van der Waals surface area contributed by atoms with Gasteiger partial charge in [0.1, 0.15) is 0 Å². The largest absolute Gasteiger partial charge is 0.416 e. The van der Waals surface area contributed by atoms with Crippen molar-refractivity contribution in [3.63, 3.8) is 0 Å². The molecule has 3 rings (SSSR count). The molecule has 0 aliphatic carbocycles. The van der Waals surface area contributed by atoms with Crippen molar-refractivity contribution in [2.24, 2.45) is 0 Å². The number of alkyl halides is 3. The Labute approximate surface area is 130 Å². The summed E-state index contributed by atoms with van der Waals surface area (Å²) in [5, 5.41) is 10.6. The van der Waals surface area contributed by atoms with Gasteiger partial charge in [0.25, 0.3) is 0 Å². The van der Waals surface area contributed by atoms with Crippen molar-refractivity contribution < 1.29 is 17.9 Å². The number of anilines is 3. The molecule has 2 aromatic rings. The average Bonchev–Trinajstić information content (AvgIpc) is 2.55. The van der Waals surface area contributed by atoms with Gasteiger partial charge in [0.15, 0.2) is 5.82 Å². The van der Waals surface area contributed by atoms with Gasteiger partial charge in [-0.1, -0.05) is 6.07 Å². The number of hydrogen-bond donors (Lipinski definition) is 1. The molecule has 1 aromatic heterocycles. The molecule has 0 spiro atoms. The molecule has 0 bridgehead atoms. The molecule has 0 amide bonds. The molecule has 1 aliphatic rings. The van der Waals surface area contributed by atoms with Crippen LogP contribution >= 0.6 is 0 Å². The van der Waals surface area contributed by atoms with E-state index < -0.39 is 11.7 Å². The zero-order valence-electron chi connectivity index (χ0n) is 12.0. The molecule has 0 unspecified atom stereocenters. The van der Waals surface area contributed by atoms with Crippen molar-refractivity contribution in [3.8, 4) is 0 Å². The van der Waals surface area contributed by atoms with Gasteiger partial charge in [-0.05, 0) is 18.2 Å². The monoisotopic (exact) mass is 325 g/mol. The van der Waals surface area contributed by atoms with Gasteiger partial charge < -0.3 is 15.0 Å². The first kappa shape index (κ1) is 15.5. The van der Waals surface area contributed by atoms with Crippen LogP contribution in [0.4, 0.5) is 30.6 Å². The van der Waals surface area contributed by atoms with Crippen LogP contribution in [-0.4, -0.2) is 41.5 Å². The van der Waals surface area contributed by atoms with Crippen molar-refractivity contribution in [3.05, 3.63) is 36.0 Å². The molecular weight excluding hydrogens is 311 g/mol. The molecule has 1 aromatic carbocycles. The summed E-state index contributed by atoms with van der Waals surface area (Å²) in [6, 6.07) is 4.91. The zero-order chi connectivity index (χ0) is 16.3. The van der Waals surface area contributed by atoms with Crippen molar-refractivity contribution in [1.82, 2.24) is 15.2 Å². The topological polar surface area (TPSA) is 63.2 Å². The Bertz CT molecular complexity index is 673. The SMILES string of the molecule is FC(F)(F)c1cccc(Nc2cnnc(N3CCOCC3)n2)c1. The standard InChI is InChI=1S/C14H14F3N5O/c15-14(16,17)10-2-1-3-11(8-10)19-12-9-18-21-13(20-12)22-4-6-23-7-5-22/h1-3,8-9H,4-7H2,(H,19,20,21). The van der Waals surface area contributed by atoms with Crippen molar-refractivity contribution >= 4 is 17.5 Å². The number of aromatic nitrogens is 3. The maximum absolute atomic E-state index is 12.7. The number of halogens is 3. The maximum atomic E-state index is 12.7. The van der Waals surface area contributed by atoms with E-state index in [4.69, 9.17) is 4.74 Å². The summed E-state index contributed by atoms with van der Waals surface area (Å²) in [6.07, 6.45) is -3.02. The Kier molecular flexibility index (Phi) is 4.28. The van der Waals surface area contributed by atoms with Crippen LogP contribution < -0.4 is 10.2 Å². The van der Waals surface area contributed by atoms with Crippen molar-refractivity contribution in [1.29, 1.82) is 0 Å². The van der Waals surface area contributed by atoms with Crippen molar-refractivity contribution in [2.45, 2.75) is 6.18 Å². The van der Waals surface area contributed by atoms with Gasteiger partial charge in [-0.2, -0.15) is 23.3 Å². The fraction of sp³-hybridized carbons (Fsp3) is 0.357. The van der Waals surface area contributed by atoms with E-state index in [0.29, 0.717) is 38.1 Å². The van der Waals surface area contributed by atoms with Gasteiger partial charge in [-0.25, -0.2) is 0 Å². The molecule has 1 N–H and O–H groups in total. The molecule has 2 heterocycles. The summed E-state index contributed by atoms with van der Waals surface area (Å²) in [5.41, 5.74) is -0.439. The minimum absolute atomic E-state index is 0.285. The Balaban J connectivity index is 1.78. The lowest BCUT2D eigenvalue weighted by Gasteiger charge is -2.26. The summed E-state index contributed by atoms with van der Waals surface area (Å²) in [7, 11) is 0. The highest BCUT2D eigenvalue weighted by Gasteiger charge is 2.30. The van der Waals surface area contributed by atoms with E-state index in [2.05, 4.69) is 20.5 Å². The van der Waals surface area contributed by atoms with E-state index in [1.54, 1.807) is 0 Å². The van der Waals surface area contributed by atoms with Crippen molar-refractivity contribution in [2.75, 3.05) is 36.5 Å². The lowest BCUT2D eigenvalue weighted by Crippen LogP contribution is -2.37. The summed E-state index contributed by atoms with van der Waals surface area (Å²) in [6.45, 7) is 2.45. The highest BCUT2D eigenvalue weighted by atomic mass is 19.4. The predicted molar refractivity (Wildman–Crippen MR) is 77.6 cm³/mol. The first-order valence-corrected chi connectivity index (χ1v) is 6.99. The lowest BCUT2D eigenvalue weighted by molar-refractivity contribution is -0.137. The average molecular weight is 325 g/mol. The molecule has 0 saturated carbocycles. The fourth-order valence-corrected chi connectivity index (χ4v) is 2.17. The Morgan fingerprint density at radius 2 is 1.96 bits per heavy atom. The molecule has 0 atom stereocenters. The van der Waals surface area contributed by atoms with E-state index >= 15 is 0 Å². The van der Waals surface area contributed by atoms with Gasteiger partial charge in [0, 0.05) is 18.8 Å². The molecule has 1 aliphatic heterocycles. The molecule has 1 saturated heterocycles. The molecule has 1 fully saturated rings. The summed E-state index contributed by atoms with van der Waals surface area (Å²) >= 11 is 0. The third-order valence-corrected chi connectivity index (χ3v) is 3.30. The van der Waals surface area contributed by atoms with E-state index in [-0.39, 0.29) is 5.69 Å². The van der Waals surface area contributed by atoms with Crippen LogP contribution in [0.25, 0.3) is 0 Å². The highest BCUT2D eigenvalue weighted by molar-refractivity contribution is 5.57. The number of nitrogens with one attached hydrogen (secondary N) is 1. The lowest BCUT2D eigenvalue weighted by atomic mass is 10.2. The normalized spacial score (nSPS) is 15.5. The van der Waals surface area contributed by atoms with Gasteiger partial charge in [-0.3, -0.25) is 0 Å². The molecule has 122 valence electrons. The number of nitrogens with zero attached hydrogens (tertiary/aromatic N) is 4. The Morgan fingerprint density at radius 1 is 1.17 bits per heavy atom. The Morgan fingerprint density at radius 3 is 2.70 bits per heavy atom. The number of ether oxygens (including phenoxy) is 1. The van der Waals surface area contributed by atoms with Gasteiger partial charge in [0.05, 0.1) is 25.0 Å². The van der Waals surface area contributed by atoms with Crippen LogP contribution in [0.2, 0.25) is 0 Å². The minimum Gasteiger partial charge on any atom is -0.378 e. The second kappa shape index (κ2) is 6.37. The predicted octanol–water partition coefficient (Wildman–Crippen LogP) is 2.47. The van der Waals surface area contributed by atoms with Crippen LogP contribution in [0.3, 0.4) is 0 Å². The summed E-state index contributed by atoms with van der Waals surface area (Å²) in [4.78, 5) is 6.20. The van der Waals surface area contributed by atoms with Crippen LogP contribution in [0.15, 0.2) is 30.5 Å². The molecule has 23 heavy (non-hydrogen) atoms. The highest BCUT2D eigenvalue weighted by Crippen LogP contribution is 2.31. The van der Waals surface area contributed by atoms with E-state index in [0.717, 1.165) is 12.1 Å². The number of rotatable bonds is 3. The number of benzene rings is 1. The van der Waals surface area contributed by atoms with E-state index in [9.17, 15) is 13.2 Å². The quantitative estimate of drug-likeness (QED) is 0.935. The first-order chi connectivity index (χ1) is 11.0. The van der Waals surface area contributed by atoms with Gasteiger partial charge in [-0.15, -0.1) is 5.10 Å². The molecule has 9 heteroatoms. The third-order valence-electron chi connectivity index (χ3n) is 3.30. The van der Waals surface area contributed by atoms with E-state index in [1.807, 2.05) is 4.90 Å². The van der Waals surface area contributed by atoms with Crippen LogP contribution in [0.1, 0.15) is 5.56 Å². The molecule has 6 nitrogen and oxygen atoms in total. The minimum atomic E-state index is -4.39. The van der Waals surface area contributed by atoms with Gasteiger partial charge in [0.2, 0.25) is 5.95 Å². The fourth-order valence-electron chi connectivity index (χ4n) is 2.17. The molecular formula is C14H14F3N5O. The number of hydrogen-bond acceptors (Lipinski definition) is 6. The second-order valence-corrected chi connectivity index (χ2v) is 4.94. The molecule has 0 radical (unpaired) electrons. The summed E-state index contributed by atoms with van der Waals surface area (Å²) in [5.74, 6) is 0.756. The smallest absolute Gasteiger partial charge is 0.378 e.